The fourth-order valence-electron chi connectivity index (χ4n) is 1.98. The molecule has 2 aromatic rings. The maximum Gasteiger partial charge on any atom is 0.260 e. The summed E-state index contributed by atoms with van der Waals surface area (Å²) in [4.78, 5) is 26.1. The lowest BCUT2D eigenvalue weighted by atomic mass is 10.1. The van der Waals surface area contributed by atoms with Gasteiger partial charge in [-0.2, -0.15) is 0 Å². The number of aromatic nitrogens is 1. The van der Waals surface area contributed by atoms with Gasteiger partial charge in [0.25, 0.3) is 11.5 Å². The van der Waals surface area contributed by atoms with Gasteiger partial charge >= 0.3 is 0 Å². The summed E-state index contributed by atoms with van der Waals surface area (Å²) < 4.78 is 5.26. The van der Waals surface area contributed by atoms with Crippen LogP contribution in [0.1, 0.15) is 28.9 Å². The molecule has 0 fully saturated rings. The fraction of sp³-hybridized carbons (Fsp3) is 0.200. The van der Waals surface area contributed by atoms with E-state index in [0.29, 0.717) is 5.75 Å². The number of nitrogens with one attached hydrogen (secondary N) is 2. The van der Waals surface area contributed by atoms with E-state index in [2.05, 4.69) is 10.3 Å². The van der Waals surface area contributed by atoms with Gasteiger partial charge in [0.1, 0.15) is 11.3 Å². The molecule has 2 N–H and O–H groups in total. The Morgan fingerprint density at radius 2 is 2.00 bits per heavy atom. The molecule has 0 saturated heterocycles. The summed E-state index contributed by atoms with van der Waals surface area (Å²) in [6.45, 7) is 1.84. The van der Waals surface area contributed by atoms with Crippen LogP contribution in [0, 0.1) is 0 Å². The number of aromatic amines is 1. The zero-order chi connectivity index (χ0) is 14.5. The van der Waals surface area contributed by atoms with Gasteiger partial charge in [0.15, 0.2) is 0 Å². The molecule has 1 amide bonds. The molecule has 0 saturated carbocycles. The summed E-state index contributed by atoms with van der Waals surface area (Å²) in [5.41, 5.74) is 0.544. The Bertz CT molecular complexity index is 664. The summed E-state index contributed by atoms with van der Waals surface area (Å²) in [6, 6.07) is 10.3. The number of carbonyl (C=O) groups excluding carboxylic acids is 1. The number of rotatable bonds is 4. The third kappa shape index (κ3) is 2.88. The molecule has 5 heteroatoms. The number of carbonyl (C=O) groups is 1. The molecular weight excluding hydrogens is 256 g/mol. The van der Waals surface area contributed by atoms with Gasteiger partial charge in [0.2, 0.25) is 0 Å². The highest BCUT2D eigenvalue weighted by molar-refractivity contribution is 5.94. The van der Waals surface area contributed by atoms with E-state index in [1.54, 1.807) is 13.2 Å². The normalized spacial score (nSPS) is 11.7. The van der Waals surface area contributed by atoms with Gasteiger partial charge in [-0.1, -0.05) is 18.2 Å². The molecule has 0 aliphatic heterocycles. The van der Waals surface area contributed by atoms with Gasteiger partial charge < -0.3 is 15.0 Å². The molecule has 0 bridgehead atoms. The van der Waals surface area contributed by atoms with Crippen molar-refractivity contribution in [3.8, 4) is 5.75 Å². The first-order valence-corrected chi connectivity index (χ1v) is 6.25. The van der Waals surface area contributed by atoms with Crippen LogP contribution in [-0.2, 0) is 0 Å². The van der Waals surface area contributed by atoms with Gasteiger partial charge in [-0.05, 0) is 25.1 Å². The standard InChI is InChI=1S/C15H16N2O3/c1-10(11-6-3-4-8-13(11)20-2)17-15(19)12-7-5-9-16-14(12)18/h3-10H,1-2H3,(H,16,18)(H,17,19)/t10-/m0/s1. The zero-order valence-corrected chi connectivity index (χ0v) is 11.3. The highest BCUT2D eigenvalue weighted by Gasteiger charge is 2.16. The van der Waals surface area contributed by atoms with E-state index in [4.69, 9.17) is 4.74 Å². The Balaban J connectivity index is 2.20. The second-order valence-electron chi connectivity index (χ2n) is 4.35. The van der Waals surface area contributed by atoms with E-state index in [1.165, 1.54) is 12.3 Å². The predicted molar refractivity (Wildman–Crippen MR) is 75.9 cm³/mol. The van der Waals surface area contributed by atoms with Crippen molar-refractivity contribution in [2.45, 2.75) is 13.0 Å². The van der Waals surface area contributed by atoms with Crippen molar-refractivity contribution >= 4 is 5.91 Å². The summed E-state index contributed by atoms with van der Waals surface area (Å²) in [7, 11) is 1.58. The van der Waals surface area contributed by atoms with Crippen molar-refractivity contribution in [1.82, 2.24) is 10.3 Å². The Morgan fingerprint density at radius 1 is 1.25 bits per heavy atom. The van der Waals surface area contributed by atoms with Crippen LogP contribution in [0.2, 0.25) is 0 Å². The average Bonchev–Trinajstić information content (AvgIpc) is 2.47. The van der Waals surface area contributed by atoms with E-state index in [9.17, 15) is 9.59 Å². The third-order valence-electron chi connectivity index (χ3n) is 3.02. The second kappa shape index (κ2) is 6.06. The largest absolute Gasteiger partial charge is 0.496 e. The second-order valence-corrected chi connectivity index (χ2v) is 4.35. The molecule has 104 valence electrons. The number of para-hydroxylation sites is 1. The molecule has 1 aromatic carbocycles. The molecule has 0 aliphatic rings. The topological polar surface area (TPSA) is 71.2 Å². The van der Waals surface area contributed by atoms with Crippen LogP contribution < -0.4 is 15.6 Å². The third-order valence-corrected chi connectivity index (χ3v) is 3.02. The van der Waals surface area contributed by atoms with E-state index in [-0.39, 0.29) is 11.6 Å². The van der Waals surface area contributed by atoms with Crippen molar-refractivity contribution in [3.63, 3.8) is 0 Å². The van der Waals surface area contributed by atoms with E-state index < -0.39 is 11.5 Å². The smallest absolute Gasteiger partial charge is 0.260 e. The minimum atomic E-state index is -0.412. The number of benzene rings is 1. The number of hydrogen-bond acceptors (Lipinski definition) is 3. The molecule has 0 unspecified atom stereocenters. The minimum absolute atomic E-state index is 0.0919. The van der Waals surface area contributed by atoms with Crippen LogP contribution >= 0.6 is 0 Å². The molecule has 0 aliphatic carbocycles. The first-order chi connectivity index (χ1) is 9.63. The van der Waals surface area contributed by atoms with Crippen molar-refractivity contribution in [2.75, 3.05) is 7.11 Å². The van der Waals surface area contributed by atoms with Crippen molar-refractivity contribution in [3.05, 3.63) is 64.1 Å². The van der Waals surface area contributed by atoms with Gasteiger partial charge in [0, 0.05) is 11.8 Å². The highest BCUT2D eigenvalue weighted by Crippen LogP contribution is 2.24. The van der Waals surface area contributed by atoms with E-state index in [1.807, 2.05) is 31.2 Å². The molecule has 0 radical (unpaired) electrons. The SMILES string of the molecule is COc1ccccc1[C@H](C)NC(=O)c1ccc[nH]c1=O. The molecule has 5 nitrogen and oxygen atoms in total. The Labute approximate surface area is 116 Å². The molecule has 0 spiro atoms. The van der Waals surface area contributed by atoms with E-state index in [0.717, 1.165) is 5.56 Å². The zero-order valence-electron chi connectivity index (χ0n) is 11.3. The first kappa shape index (κ1) is 13.9. The Hall–Kier alpha value is -2.56. The molecule has 1 atom stereocenters. The van der Waals surface area contributed by atoms with Crippen molar-refractivity contribution in [1.29, 1.82) is 0 Å². The van der Waals surface area contributed by atoms with Crippen LogP contribution in [0.4, 0.5) is 0 Å². The number of H-pyrrole nitrogens is 1. The van der Waals surface area contributed by atoms with Crippen molar-refractivity contribution in [2.24, 2.45) is 0 Å². The van der Waals surface area contributed by atoms with Crippen LogP contribution in [-0.4, -0.2) is 18.0 Å². The molecule has 2 rings (SSSR count). The molecular formula is C15H16N2O3. The minimum Gasteiger partial charge on any atom is -0.496 e. The van der Waals surface area contributed by atoms with Crippen LogP contribution in [0.15, 0.2) is 47.4 Å². The predicted octanol–water partition coefficient (Wildman–Crippen LogP) is 1.87. The van der Waals surface area contributed by atoms with Crippen molar-refractivity contribution < 1.29 is 9.53 Å². The summed E-state index contributed by atoms with van der Waals surface area (Å²) >= 11 is 0. The van der Waals surface area contributed by atoms with Gasteiger partial charge in [-0.15, -0.1) is 0 Å². The quantitative estimate of drug-likeness (QED) is 0.892. The lowest BCUT2D eigenvalue weighted by molar-refractivity contribution is 0.0938. The highest BCUT2D eigenvalue weighted by atomic mass is 16.5. The van der Waals surface area contributed by atoms with Gasteiger partial charge in [0.05, 0.1) is 13.2 Å². The molecule has 1 heterocycles. The Kier molecular flexibility index (Phi) is 4.20. The van der Waals surface area contributed by atoms with Crippen LogP contribution in [0.5, 0.6) is 5.75 Å². The maximum absolute atomic E-state index is 12.1. The Morgan fingerprint density at radius 3 is 2.70 bits per heavy atom. The number of pyridine rings is 1. The van der Waals surface area contributed by atoms with Crippen LogP contribution in [0.25, 0.3) is 0 Å². The fourth-order valence-corrected chi connectivity index (χ4v) is 1.98. The average molecular weight is 272 g/mol. The number of methoxy groups -OCH3 is 1. The monoisotopic (exact) mass is 272 g/mol. The number of ether oxygens (including phenoxy) is 1. The summed E-state index contributed by atoms with van der Waals surface area (Å²) in [5.74, 6) is 0.285. The van der Waals surface area contributed by atoms with Gasteiger partial charge in [-0.3, -0.25) is 9.59 Å². The van der Waals surface area contributed by atoms with E-state index >= 15 is 0 Å². The summed E-state index contributed by atoms with van der Waals surface area (Å²) in [5, 5.41) is 2.79. The maximum atomic E-state index is 12.1. The lowest BCUT2D eigenvalue weighted by Crippen LogP contribution is -2.31. The molecule has 1 aromatic heterocycles. The lowest BCUT2D eigenvalue weighted by Gasteiger charge is -2.17. The van der Waals surface area contributed by atoms with Gasteiger partial charge in [-0.25, -0.2) is 0 Å². The molecule has 20 heavy (non-hydrogen) atoms. The number of hydrogen-bond donors (Lipinski definition) is 2. The summed E-state index contributed by atoms with van der Waals surface area (Å²) in [6.07, 6.45) is 1.49. The first-order valence-electron chi connectivity index (χ1n) is 6.25. The number of amides is 1. The van der Waals surface area contributed by atoms with Crippen LogP contribution in [0.3, 0.4) is 0 Å².